The molecule has 0 radical (unpaired) electrons. The zero-order valence-electron chi connectivity index (χ0n) is 38.0. The van der Waals surface area contributed by atoms with E-state index in [1.165, 1.54) is 91.6 Å². The van der Waals surface area contributed by atoms with Gasteiger partial charge in [-0.25, -0.2) is 0 Å². The third kappa shape index (κ3) is 7.19. The van der Waals surface area contributed by atoms with Gasteiger partial charge in [-0.2, -0.15) is 0 Å². The van der Waals surface area contributed by atoms with Gasteiger partial charge in [0, 0.05) is 0 Å². The molecule has 0 saturated carbocycles. The van der Waals surface area contributed by atoms with Crippen LogP contribution in [0.15, 0.2) is 139 Å². The molecule has 4 heteroatoms. The summed E-state index contributed by atoms with van der Waals surface area (Å²) in [5, 5.41) is 2.99. The summed E-state index contributed by atoms with van der Waals surface area (Å²) >= 11 is -5.73. The van der Waals surface area contributed by atoms with Gasteiger partial charge in [0.05, 0.1) is 0 Å². The van der Waals surface area contributed by atoms with Gasteiger partial charge in [0.15, 0.2) is 0 Å². The molecule has 0 amide bonds. The zero-order chi connectivity index (χ0) is 43.5. The molecule has 317 valence electrons. The second-order valence-electron chi connectivity index (χ2n) is 19.7. The third-order valence-electron chi connectivity index (χ3n) is 14.8. The summed E-state index contributed by atoms with van der Waals surface area (Å²) in [7, 11) is 18.2. The van der Waals surface area contributed by atoms with E-state index < -0.39 is 25.9 Å². The number of halogens is 2. The fraction of sp³-hybridized carbons (Fsp3) is 0.310. The van der Waals surface area contributed by atoms with Crippen LogP contribution in [-0.4, -0.2) is 9.52 Å². The van der Waals surface area contributed by atoms with Crippen molar-refractivity contribution >= 4 is 52.3 Å². The Bertz CT molecular complexity index is 2590. The Kier molecular flexibility index (Phi) is 12.1. The number of hydrogen-bond acceptors (Lipinski definition) is 0. The molecular weight excluding hydrogens is 887 g/mol. The van der Waals surface area contributed by atoms with Crippen LogP contribution in [0.3, 0.4) is 0 Å². The van der Waals surface area contributed by atoms with E-state index >= 15 is 0 Å². The van der Waals surface area contributed by atoms with E-state index in [4.69, 9.17) is 0 Å². The van der Waals surface area contributed by atoms with Crippen molar-refractivity contribution in [3.63, 3.8) is 0 Å². The number of benzene rings is 6. The normalized spacial score (nSPS) is 18.5. The average molecular weight is 950 g/mol. The third-order valence-corrected chi connectivity index (χ3v) is 37.6. The van der Waals surface area contributed by atoms with Crippen molar-refractivity contribution in [2.24, 2.45) is 11.8 Å². The Morgan fingerprint density at radius 1 is 0.516 bits per heavy atom. The molecular formula is C58H63Cl2SiZr. The summed E-state index contributed by atoms with van der Waals surface area (Å²) in [5.74, 6) is 1.69. The summed E-state index contributed by atoms with van der Waals surface area (Å²) in [4.78, 5) is 0. The molecule has 0 spiro atoms. The molecule has 1 aliphatic heterocycles. The predicted molar refractivity (Wildman–Crippen MR) is 273 cm³/mol. The van der Waals surface area contributed by atoms with E-state index in [1.807, 2.05) is 0 Å². The van der Waals surface area contributed by atoms with Crippen molar-refractivity contribution in [3.8, 4) is 33.4 Å². The van der Waals surface area contributed by atoms with Gasteiger partial charge < -0.3 is 0 Å². The van der Waals surface area contributed by atoms with Gasteiger partial charge in [-0.1, -0.05) is 0 Å². The van der Waals surface area contributed by atoms with E-state index in [1.54, 1.807) is 0 Å². The molecule has 0 saturated heterocycles. The first-order valence-electron chi connectivity index (χ1n) is 23.5. The number of rotatable bonds is 13. The van der Waals surface area contributed by atoms with Crippen molar-refractivity contribution in [2.75, 3.05) is 0 Å². The topological polar surface area (TPSA) is 0 Å². The molecule has 0 fully saturated rings. The van der Waals surface area contributed by atoms with E-state index in [9.17, 15) is 17.0 Å². The molecule has 6 aromatic carbocycles. The second-order valence-corrected chi connectivity index (χ2v) is 42.2. The Morgan fingerprint density at radius 3 is 1.44 bits per heavy atom. The summed E-state index contributed by atoms with van der Waals surface area (Å²) in [6.07, 6.45) is 9.23. The maximum atomic E-state index is 9.54. The van der Waals surface area contributed by atoms with Crippen molar-refractivity contribution in [3.05, 3.63) is 172 Å². The fourth-order valence-electron chi connectivity index (χ4n) is 11.8. The Labute approximate surface area is 383 Å². The van der Waals surface area contributed by atoms with Crippen LogP contribution in [0.5, 0.6) is 0 Å². The standard InChI is InChI=1S/2C23H27.C12H9Si.2ClH.Zr/c2*1-5-17(4)21-12-11-20-14-18(13-16(2)3)15-22(20)23(21)19-9-7-6-8-10-19;1-3-7-11-9(5-1)10-6-2-4-8-12(10)13-11;;;/h2*6-12,14-17H,5,13H2,1-4H3;1-7H,13H2;2*1H;/q;;;;;+2/p-2. The monoisotopic (exact) mass is 947 g/mol. The minimum atomic E-state index is -5.73. The molecule has 0 aromatic heterocycles. The molecule has 0 bridgehead atoms. The summed E-state index contributed by atoms with van der Waals surface area (Å²) in [6, 6.07) is 48.4. The van der Waals surface area contributed by atoms with Crippen LogP contribution in [0.1, 0.15) is 134 Å². The number of hydrogen-bond donors (Lipinski definition) is 0. The molecule has 4 atom stereocenters. The van der Waals surface area contributed by atoms with Gasteiger partial charge in [-0.3, -0.25) is 0 Å². The number of allylic oxidation sites excluding steroid dienone is 2. The Morgan fingerprint density at radius 2 is 0.968 bits per heavy atom. The molecule has 0 nitrogen and oxygen atoms in total. The average Bonchev–Trinajstić information content (AvgIpc) is 3.97. The quantitative estimate of drug-likeness (QED) is 0.101. The first-order chi connectivity index (χ1) is 29.8. The van der Waals surface area contributed by atoms with E-state index in [0.717, 1.165) is 25.7 Å². The van der Waals surface area contributed by atoms with Gasteiger partial charge >= 0.3 is 386 Å². The van der Waals surface area contributed by atoms with Crippen LogP contribution >= 0.6 is 17.0 Å². The Balaban J connectivity index is 1.42. The van der Waals surface area contributed by atoms with Crippen molar-refractivity contribution < 1.29 is 16.4 Å². The maximum absolute atomic E-state index is 9.54. The van der Waals surface area contributed by atoms with E-state index in [0.29, 0.717) is 23.7 Å². The van der Waals surface area contributed by atoms with Gasteiger partial charge in [0.1, 0.15) is 0 Å². The molecule has 1 heterocycles. The van der Waals surface area contributed by atoms with Gasteiger partial charge in [0.25, 0.3) is 0 Å². The molecule has 62 heavy (non-hydrogen) atoms. The van der Waals surface area contributed by atoms with Crippen LogP contribution < -0.4 is 13.6 Å². The first-order valence-corrected chi connectivity index (χ1v) is 35.3. The van der Waals surface area contributed by atoms with E-state index in [-0.39, 0.29) is 7.25 Å². The van der Waals surface area contributed by atoms with Crippen LogP contribution in [0, 0.1) is 11.8 Å². The van der Waals surface area contributed by atoms with Crippen molar-refractivity contribution in [1.82, 2.24) is 0 Å². The van der Waals surface area contributed by atoms with Gasteiger partial charge in [-0.15, -0.1) is 0 Å². The number of fused-ring (bicyclic) bond motifs is 5. The van der Waals surface area contributed by atoms with Gasteiger partial charge in [0.2, 0.25) is 0 Å². The molecule has 3 aliphatic rings. The van der Waals surface area contributed by atoms with Crippen molar-refractivity contribution in [2.45, 2.75) is 100 Å². The van der Waals surface area contributed by atoms with E-state index in [2.05, 4.69) is 195 Å². The molecule has 9 rings (SSSR count). The zero-order valence-corrected chi connectivity index (χ0v) is 43.4. The molecule has 6 aromatic rings. The molecule has 0 N–H and O–H groups in total. The van der Waals surface area contributed by atoms with Crippen LogP contribution in [0.4, 0.5) is 0 Å². The first kappa shape index (κ1) is 43.7. The summed E-state index contributed by atoms with van der Waals surface area (Å²) in [5.41, 5.74) is 19.1. The second kappa shape index (κ2) is 17.1. The minimum absolute atomic E-state index is 0.101. The summed E-state index contributed by atoms with van der Waals surface area (Å²) < 4.78 is 1.11. The Hall–Kier alpha value is -3.52. The SMILES string of the molecule is CCC(C)c1ccc2c(c1-c1ccccc1)C=C(CC(C)C)[CH]2[Zr]([Cl])([Cl])([c]1cccc2c1[SiH2]c1ccccc1-2)[CH]1C(CC(C)C)=Cc2c1ccc(C(C)CC)c2-c1ccccc1. The van der Waals surface area contributed by atoms with Crippen LogP contribution in [-0.2, 0) is 16.4 Å². The predicted octanol–water partition coefficient (Wildman–Crippen LogP) is 15.1. The molecule has 4 unspecified atom stereocenters. The van der Waals surface area contributed by atoms with Gasteiger partial charge in [-0.05, 0) is 0 Å². The van der Waals surface area contributed by atoms with Crippen molar-refractivity contribution in [1.29, 1.82) is 0 Å². The van der Waals surface area contributed by atoms with Crippen LogP contribution in [0.25, 0.3) is 45.5 Å². The molecule has 2 aliphatic carbocycles. The summed E-state index contributed by atoms with van der Waals surface area (Å²) in [6.45, 7) is 18.9. The van der Waals surface area contributed by atoms with Crippen LogP contribution in [0.2, 0.25) is 0 Å². The fourth-order valence-corrected chi connectivity index (χ4v) is 39.7.